The lowest BCUT2D eigenvalue weighted by Crippen LogP contribution is -2.12. The first-order valence-corrected chi connectivity index (χ1v) is 6.39. The van der Waals surface area contributed by atoms with Crippen molar-refractivity contribution < 1.29 is 9.13 Å². The van der Waals surface area contributed by atoms with E-state index in [1.807, 2.05) is 4.57 Å². The van der Waals surface area contributed by atoms with Crippen LogP contribution < -0.4 is 10.5 Å². The van der Waals surface area contributed by atoms with Crippen molar-refractivity contribution in [3.63, 3.8) is 0 Å². The lowest BCUT2D eigenvalue weighted by atomic mass is 10.1. The number of fused-ring (bicyclic) bond motifs is 1. The van der Waals surface area contributed by atoms with E-state index in [2.05, 4.69) is 4.98 Å². The molecular weight excluding hydrogens is 245 g/mol. The molecule has 1 aliphatic heterocycles. The van der Waals surface area contributed by atoms with Gasteiger partial charge < -0.3 is 15.0 Å². The minimum Gasteiger partial charge on any atom is -0.494 e. The second kappa shape index (κ2) is 4.57. The molecule has 5 heteroatoms. The summed E-state index contributed by atoms with van der Waals surface area (Å²) in [5.74, 6) is 1.45. The van der Waals surface area contributed by atoms with Gasteiger partial charge in [-0.15, -0.1) is 0 Å². The Kier molecular flexibility index (Phi) is 2.89. The summed E-state index contributed by atoms with van der Waals surface area (Å²) < 4.78 is 20.7. The normalized spacial score (nSPS) is 14.2. The molecule has 2 aromatic rings. The molecule has 0 spiro atoms. The van der Waals surface area contributed by atoms with Crippen LogP contribution in [0, 0.1) is 5.82 Å². The van der Waals surface area contributed by atoms with Crippen LogP contribution in [0.1, 0.15) is 18.7 Å². The van der Waals surface area contributed by atoms with E-state index in [0.29, 0.717) is 17.1 Å². The third-order valence-corrected chi connectivity index (χ3v) is 3.54. The maximum atomic E-state index is 13.8. The number of imidazole rings is 1. The Bertz CT molecular complexity index is 621. The maximum Gasteiger partial charge on any atom is 0.165 e. The second-order valence-electron chi connectivity index (χ2n) is 4.72. The highest BCUT2D eigenvalue weighted by Crippen LogP contribution is 2.31. The zero-order valence-corrected chi connectivity index (χ0v) is 10.8. The van der Waals surface area contributed by atoms with Gasteiger partial charge in [-0.25, -0.2) is 9.37 Å². The van der Waals surface area contributed by atoms with Crippen LogP contribution in [0.3, 0.4) is 0 Å². The number of hydrogen-bond acceptors (Lipinski definition) is 3. The molecule has 1 aliphatic rings. The molecule has 1 aromatic heterocycles. The molecule has 0 bridgehead atoms. The van der Waals surface area contributed by atoms with Gasteiger partial charge in [-0.1, -0.05) is 0 Å². The molecule has 0 unspecified atom stereocenters. The molecule has 0 saturated carbocycles. The summed E-state index contributed by atoms with van der Waals surface area (Å²) in [7, 11) is 1.45. The Morgan fingerprint density at radius 2 is 2.21 bits per heavy atom. The van der Waals surface area contributed by atoms with Crippen LogP contribution >= 0.6 is 0 Å². The van der Waals surface area contributed by atoms with Gasteiger partial charge >= 0.3 is 0 Å². The number of hydrogen-bond donors (Lipinski definition) is 1. The van der Waals surface area contributed by atoms with E-state index in [1.165, 1.54) is 13.2 Å². The average Bonchev–Trinajstić information content (AvgIpc) is 2.77. The number of aromatic nitrogens is 2. The smallest absolute Gasteiger partial charge is 0.165 e. The van der Waals surface area contributed by atoms with E-state index in [1.54, 1.807) is 12.1 Å². The van der Waals surface area contributed by atoms with Crippen LogP contribution in [0.4, 0.5) is 10.2 Å². The third-order valence-electron chi connectivity index (χ3n) is 3.54. The van der Waals surface area contributed by atoms with Gasteiger partial charge in [0.25, 0.3) is 0 Å². The molecule has 0 amide bonds. The molecule has 0 fully saturated rings. The van der Waals surface area contributed by atoms with Crippen molar-refractivity contribution in [1.82, 2.24) is 9.55 Å². The highest BCUT2D eigenvalue weighted by atomic mass is 19.1. The minimum absolute atomic E-state index is 0.228. The number of halogens is 1. The number of ether oxygens (including phenoxy) is 1. The van der Waals surface area contributed by atoms with Crippen LogP contribution in [0.15, 0.2) is 18.2 Å². The largest absolute Gasteiger partial charge is 0.494 e. The van der Waals surface area contributed by atoms with Gasteiger partial charge in [-0.05, 0) is 31.0 Å². The molecular formula is C14H16FN3O. The van der Waals surface area contributed by atoms with Gasteiger partial charge in [0, 0.05) is 18.5 Å². The monoisotopic (exact) mass is 261 g/mol. The molecule has 0 radical (unpaired) electrons. The average molecular weight is 261 g/mol. The van der Waals surface area contributed by atoms with Crippen molar-refractivity contribution in [2.45, 2.75) is 25.8 Å². The Hall–Kier alpha value is -2.04. The van der Waals surface area contributed by atoms with Crippen molar-refractivity contribution in [2.24, 2.45) is 0 Å². The molecule has 0 aliphatic carbocycles. The summed E-state index contributed by atoms with van der Waals surface area (Å²) in [5, 5.41) is 0. The first kappa shape index (κ1) is 12.0. The van der Waals surface area contributed by atoms with Gasteiger partial charge in [0.2, 0.25) is 0 Å². The van der Waals surface area contributed by atoms with Gasteiger partial charge in [0.05, 0.1) is 7.11 Å². The van der Waals surface area contributed by atoms with Gasteiger partial charge in [0.15, 0.2) is 11.6 Å². The van der Waals surface area contributed by atoms with Crippen molar-refractivity contribution in [2.75, 3.05) is 12.8 Å². The predicted octanol–water partition coefficient (Wildman–Crippen LogP) is 2.62. The van der Waals surface area contributed by atoms with Crippen LogP contribution in [0.2, 0.25) is 0 Å². The zero-order chi connectivity index (χ0) is 13.4. The molecule has 2 N–H and O–H groups in total. The van der Waals surface area contributed by atoms with E-state index in [4.69, 9.17) is 10.5 Å². The molecule has 19 heavy (non-hydrogen) atoms. The van der Waals surface area contributed by atoms with E-state index in [9.17, 15) is 4.39 Å². The molecule has 100 valence electrons. The fraction of sp³-hybridized carbons (Fsp3) is 0.357. The maximum absolute atomic E-state index is 13.8. The predicted molar refractivity (Wildman–Crippen MR) is 71.5 cm³/mol. The number of nitrogens with zero attached hydrogens (tertiary/aromatic N) is 2. The molecule has 3 rings (SSSR count). The summed E-state index contributed by atoms with van der Waals surface area (Å²) in [5.41, 5.74) is 7.48. The summed E-state index contributed by atoms with van der Waals surface area (Å²) in [6.45, 7) is 0.896. The molecule has 0 saturated heterocycles. The lowest BCUT2D eigenvalue weighted by Gasteiger charge is -2.14. The fourth-order valence-electron chi connectivity index (χ4n) is 2.53. The Morgan fingerprint density at radius 1 is 1.37 bits per heavy atom. The highest BCUT2D eigenvalue weighted by molar-refractivity contribution is 5.71. The van der Waals surface area contributed by atoms with Crippen molar-refractivity contribution in [3.05, 3.63) is 29.8 Å². The van der Waals surface area contributed by atoms with Crippen molar-refractivity contribution in [1.29, 1.82) is 0 Å². The minimum atomic E-state index is -0.398. The van der Waals surface area contributed by atoms with E-state index >= 15 is 0 Å². The number of nitrogens with two attached hydrogens (primary N) is 1. The molecule has 1 aromatic carbocycles. The first-order chi connectivity index (χ1) is 9.20. The van der Waals surface area contributed by atoms with Gasteiger partial charge in [-0.2, -0.15) is 0 Å². The SMILES string of the molecule is COc1ccc(-c2nc3n(c2N)CCCC3)cc1F. The van der Waals surface area contributed by atoms with Crippen LogP contribution in [0.25, 0.3) is 11.3 Å². The summed E-state index contributed by atoms with van der Waals surface area (Å²) in [6.07, 6.45) is 3.18. The quantitative estimate of drug-likeness (QED) is 0.904. The highest BCUT2D eigenvalue weighted by Gasteiger charge is 2.19. The standard InChI is InChI=1S/C14H16FN3O/c1-19-11-6-5-9(8-10(11)15)13-14(16)18-7-3-2-4-12(18)17-13/h5-6,8H,2-4,7,16H2,1H3. The number of rotatable bonds is 2. The van der Waals surface area contributed by atoms with E-state index in [-0.39, 0.29) is 5.75 Å². The topological polar surface area (TPSA) is 53.1 Å². The first-order valence-electron chi connectivity index (χ1n) is 6.39. The Morgan fingerprint density at radius 3 is 2.89 bits per heavy atom. The molecule has 2 heterocycles. The van der Waals surface area contributed by atoms with Crippen molar-refractivity contribution in [3.8, 4) is 17.0 Å². The zero-order valence-electron chi connectivity index (χ0n) is 10.8. The number of benzene rings is 1. The summed E-state index contributed by atoms with van der Waals surface area (Å²) in [4.78, 5) is 4.55. The summed E-state index contributed by atoms with van der Waals surface area (Å²) >= 11 is 0. The number of methoxy groups -OCH3 is 1. The third kappa shape index (κ3) is 1.95. The Balaban J connectivity index is 2.07. The van der Waals surface area contributed by atoms with Crippen LogP contribution in [-0.4, -0.2) is 16.7 Å². The van der Waals surface area contributed by atoms with Crippen molar-refractivity contribution >= 4 is 5.82 Å². The summed E-state index contributed by atoms with van der Waals surface area (Å²) in [6, 6.07) is 4.80. The van der Waals surface area contributed by atoms with Crippen LogP contribution in [0.5, 0.6) is 5.75 Å². The lowest BCUT2D eigenvalue weighted by molar-refractivity contribution is 0.386. The number of aryl methyl sites for hydroxylation is 1. The van der Waals surface area contributed by atoms with Gasteiger partial charge in [-0.3, -0.25) is 0 Å². The molecule has 4 nitrogen and oxygen atoms in total. The molecule has 0 atom stereocenters. The Labute approximate surface area is 111 Å². The fourth-order valence-corrected chi connectivity index (χ4v) is 2.53. The number of anilines is 1. The second-order valence-corrected chi connectivity index (χ2v) is 4.72. The van der Waals surface area contributed by atoms with Gasteiger partial charge in [0.1, 0.15) is 17.3 Å². The van der Waals surface area contributed by atoms with E-state index in [0.717, 1.165) is 31.6 Å². The van der Waals surface area contributed by atoms with Crippen LogP contribution in [-0.2, 0) is 13.0 Å². The number of nitrogen functional groups attached to an aromatic ring is 1. The van der Waals surface area contributed by atoms with E-state index < -0.39 is 5.82 Å².